The largest absolute Gasteiger partial charge is 0.367 e. The monoisotopic (exact) mass is 397 g/mol. The lowest BCUT2D eigenvalue weighted by atomic mass is 10.1. The molecule has 0 spiro atoms. The van der Waals surface area contributed by atoms with Gasteiger partial charge in [-0.25, -0.2) is 0 Å². The van der Waals surface area contributed by atoms with Crippen molar-refractivity contribution in [3.8, 4) is 0 Å². The third-order valence-electron chi connectivity index (χ3n) is 4.25. The van der Waals surface area contributed by atoms with Crippen LogP contribution in [-0.4, -0.2) is 44.0 Å². The number of rotatable bonds is 3. The van der Waals surface area contributed by atoms with Crippen molar-refractivity contribution in [3.63, 3.8) is 0 Å². The number of hydrogen-bond donors (Lipinski definition) is 1. The maximum absolute atomic E-state index is 12.7. The topological polar surface area (TPSA) is 35.6 Å². The standard InChI is InChI=1S/C18H18Cl3N3O/c1-23-7-9-24(10-8-23)16-6-5-12(19)11-15(16)22-18(25)13-3-2-4-14(20)17(13)21/h2-6,11H,7-10H2,1H3,(H,22,25). The molecule has 132 valence electrons. The molecule has 0 aromatic heterocycles. The Morgan fingerprint density at radius 2 is 1.76 bits per heavy atom. The Hall–Kier alpha value is -1.46. The molecule has 3 rings (SSSR count). The van der Waals surface area contributed by atoms with E-state index in [9.17, 15) is 4.79 Å². The predicted octanol–water partition coefficient (Wildman–Crippen LogP) is 4.65. The maximum atomic E-state index is 12.7. The molecule has 25 heavy (non-hydrogen) atoms. The third kappa shape index (κ3) is 4.21. The lowest BCUT2D eigenvalue weighted by molar-refractivity contribution is 0.102. The molecule has 1 heterocycles. The Morgan fingerprint density at radius 3 is 2.48 bits per heavy atom. The van der Waals surface area contributed by atoms with Crippen LogP contribution in [0.1, 0.15) is 10.4 Å². The van der Waals surface area contributed by atoms with Crippen LogP contribution >= 0.6 is 34.8 Å². The second kappa shape index (κ2) is 7.83. The van der Waals surface area contributed by atoms with Gasteiger partial charge in [0.25, 0.3) is 5.91 Å². The van der Waals surface area contributed by atoms with Gasteiger partial charge < -0.3 is 15.1 Å². The van der Waals surface area contributed by atoms with Gasteiger partial charge in [0.05, 0.1) is 27.0 Å². The zero-order valence-corrected chi connectivity index (χ0v) is 16.0. The number of likely N-dealkylation sites (N-methyl/N-ethyl adjacent to an activating group) is 1. The lowest BCUT2D eigenvalue weighted by Gasteiger charge is -2.35. The number of halogens is 3. The number of nitrogens with one attached hydrogen (secondary N) is 1. The van der Waals surface area contributed by atoms with Crippen molar-refractivity contribution >= 4 is 52.1 Å². The van der Waals surface area contributed by atoms with Crippen LogP contribution in [0.3, 0.4) is 0 Å². The molecular weight excluding hydrogens is 381 g/mol. The molecule has 0 atom stereocenters. The summed E-state index contributed by atoms with van der Waals surface area (Å²) in [5, 5.41) is 4.07. The van der Waals surface area contributed by atoms with Crippen LogP contribution in [0.25, 0.3) is 0 Å². The number of carbonyl (C=O) groups excluding carboxylic acids is 1. The molecule has 1 saturated heterocycles. The second-order valence-electron chi connectivity index (χ2n) is 6.01. The van der Waals surface area contributed by atoms with Gasteiger partial charge >= 0.3 is 0 Å². The molecule has 7 heteroatoms. The maximum Gasteiger partial charge on any atom is 0.257 e. The highest BCUT2D eigenvalue weighted by atomic mass is 35.5. The minimum Gasteiger partial charge on any atom is -0.367 e. The smallest absolute Gasteiger partial charge is 0.257 e. The Morgan fingerprint density at radius 1 is 1.04 bits per heavy atom. The molecule has 1 fully saturated rings. The van der Waals surface area contributed by atoms with E-state index in [1.54, 1.807) is 24.3 Å². The quantitative estimate of drug-likeness (QED) is 0.817. The molecule has 2 aromatic carbocycles. The summed E-state index contributed by atoms with van der Waals surface area (Å²) >= 11 is 18.3. The number of anilines is 2. The van der Waals surface area contributed by atoms with Gasteiger partial charge in [-0.05, 0) is 37.4 Å². The van der Waals surface area contributed by atoms with Gasteiger partial charge in [0.1, 0.15) is 0 Å². The number of piperazine rings is 1. The molecule has 4 nitrogen and oxygen atoms in total. The van der Waals surface area contributed by atoms with E-state index in [4.69, 9.17) is 34.8 Å². The summed E-state index contributed by atoms with van der Waals surface area (Å²) in [5.41, 5.74) is 1.94. The summed E-state index contributed by atoms with van der Waals surface area (Å²) in [5.74, 6) is -0.315. The van der Waals surface area contributed by atoms with E-state index in [0.717, 1.165) is 31.9 Å². The molecule has 0 radical (unpaired) electrons. The van der Waals surface area contributed by atoms with E-state index < -0.39 is 0 Å². The molecular formula is C18H18Cl3N3O. The third-order valence-corrected chi connectivity index (χ3v) is 5.30. The molecule has 1 aliphatic rings. The van der Waals surface area contributed by atoms with Gasteiger partial charge in [0.2, 0.25) is 0 Å². The zero-order chi connectivity index (χ0) is 18.0. The molecule has 0 saturated carbocycles. The van der Waals surface area contributed by atoms with E-state index in [1.165, 1.54) is 0 Å². The van der Waals surface area contributed by atoms with Crippen LogP contribution < -0.4 is 10.2 Å². The highest BCUT2D eigenvalue weighted by molar-refractivity contribution is 6.44. The highest BCUT2D eigenvalue weighted by Gasteiger charge is 2.20. The van der Waals surface area contributed by atoms with Crippen molar-refractivity contribution in [2.24, 2.45) is 0 Å². The van der Waals surface area contributed by atoms with Gasteiger partial charge in [0, 0.05) is 31.2 Å². The van der Waals surface area contributed by atoms with E-state index >= 15 is 0 Å². The SMILES string of the molecule is CN1CCN(c2ccc(Cl)cc2NC(=O)c2cccc(Cl)c2Cl)CC1. The predicted molar refractivity (Wildman–Crippen MR) is 106 cm³/mol. The fourth-order valence-electron chi connectivity index (χ4n) is 2.80. The van der Waals surface area contributed by atoms with Gasteiger partial charge in [-0.1, -0.05) is 40.9 Å². The van der Waals surface area contributed by atoms with Crippen LogP contribution in [-0.2, 0) is 0 Å². The minimum absolute atomic E-state index is 0.241. The summed E-state index contributed by atoms with van der Waals surface area (Å²) in [4.78, 5) is 17.2. The van der Waals surface area contributed by atoms with Crippen LogP contribution in [0.2, 0.25) is 15.1 Å². The van der Waals surface area contributed by atoms with Gasteiger partial charge in [-0.3, -0.25) is 4.79 Å². The van der Waals surface area contributed by atoms with Crippen molar-refractivity contribution in [1.29, 1.82) is 0 Å². The molecule has 0 aliphatic carbocycles. The molecule has 1 amide bonds. The first kappa shape index (κ1) is 18.3. The van der Waals surface area contributed by atoms with Gasteiger partial charge in [-0.15, -0.1) is 0 Å². The van der Waals surface area contributed by atoms with Crippen LogP contribution in [0, 0.1) is 0 Å². The van der Waals surface area contributed by atoms with Crippen LogP contribution in [0.4, 0.5) is 11.4 Å². The number of hydrogen-bond acceptors (Lipinski definition) is 3. The average molecular weight is 399 g/mol. The van der Waals surface area contributed by atoms with Gasteiger partial charge in [0.15, 0.2) is 0 Å². The van der Waals surface area contributed by atoms with E-state index in [0.29, 0.717) is 21.3 Å². The summed E-state index contributed by atoms with van der Waals surface area (Å²) in [6.45, 7) is 3.71. The normalized spacial score (nSPS) is 15.3. The highest BCUT2D eigenvalue weighted by Crippen LogP contribution is 2.32. The first-order valence-corrected chi connectivity index (χ1v) is 9.07. The van der Waals surface area contributed by atoms with Crippen molar-refractivity contribution in [2.75, 3.05) is 43.4 Å². The van der Waals surface area contributed by atoms with E-state index in [1.807, 2.05) is 12.1 Å². The molecule has 0 unspecified atom stereocenters. The van der Waals surface area contributed by atoms with Crippen molar-refractivity contribution < 1.29 is 4.79 Å². The Labute approximate surface area is 162 Å². The second-order valence-corrected chi connectivity index (χ2v) is 7.23. The number of benzene rings is 2. The number of nitrogens with zero attached hydrogens (tertiary/aromatic N) is 2. The van der Waals surface area contributed by atoms with Crippen molar-refractivity contribution in [1.82, 2.24) is 4.90 Å². The fraction of sp³-hybridized carbons (Fsp3) is 0.278. The first-order valence-electron chi connectivity index (χ1n) is 7.94. The number of amides is 1. The molecule has 0 bridgehead atoms. The minimum atomic E-state index is -0.315. The summed E-state index contributed by atoms with van der Waals surface area (Å²) in [7, 11) is 2.10. The van der Waals surface area contributed by atoms with Gasteiger partial charge in [-0.2, -0.15) is 0 Å². The Bertz CT molecular complexity index is 789. The lowest BCUT2D eigenvalue weighted by Crippen LogP contribution is -2.44. The fourth-order valence-corrected chi connectivity index (χ4v) is 3.36. The molecule has 1 N–H and O–H groups in total. The van der Waals surface area contributed by atoms with Crippen molar-refractivity contribution in [2.45, 2.75) is 0 Å². The zero-order valence-electron chi connectivity index (χ0n) is 13.7. The summed E-state index contributed by atoms with van der Waals surface area (Å²) in [6, 6.07) is 10.5. The molecule has 1 aliphatic heterocycles. The Balaban J connectivity index is 1.87. The first-order chi connectivity index (χ1) is 12.0. The van der Waals surface area contributed by atoms with Crippen LogP contribution in [0.5, 0.6) is 0 Å². The van der Waals surface area contributed by atoms with Crippen molar-refractivity contribution in [3.05, 3.63) is 57.0 Å². The Kier molecular flexibility index (Phi) is 5.74. The molecule has 2 aromatic rings. The van der Waals surface area contributed by atoms with E-state index in [-0.39, 0.29) is 10.9 Å². The summed E-state index contributed by atoms with van der Waals surface area (Å²) < 4.78 is 0. The van der Waals surface area contributed by atoms with E-state index in [2.05, 4.69) is 22.2 Å². The van der Waals surface area contributed by atoms with Crippen LogP contribution in [0.15, 0.2) is 36.4 Å². The summed E-state index contributed by atoms with van der Waals surface area (Å²) in [6.07, 6.45) is 0. The number of carbonyl (C=O) groups is 1. The average Bonchev–Trinajstić information content (AvgIpc) is 2.58.